The van der Waals surface area contributed by atoms with E-state index in [1.807, 2.05) is 61.5 Å². The number of rotatable bonds is 4. The van der Waals surface area contributed by atoms with Gasteiger partial charge in [-0.05, 0) is 61.0 Å². The lowest BCUT2D eigenvalue weighted by molar-refractivity contribution is -0.0326. The highest BCUT2D eigenvalue weighted by molar-refractivity contribution is 6.30. The minimum atomic E-state index is -0.261. The number of halogens is 1. The smallest absolute Gasteiger partial charge is 0.195 e. The van der Waals surface area contributed by atoms with Gasteiger partial charge in [0.2, 0.25) is 0 Å². The monoisotopic (exact) mass is 404 g/mol. The van der Waals surface area contributed by atoms with Crippen molar-refractivity contribution in [3.05, 3.63) is 101 Å². The Kier molecular flexibility index (Phi) is 4.66. The van der Waals surface area contributed by atoms with Crippen LogP contribution in [0.15, 0.2) is 78.9 Å². The predicted octanol–water partition coefficient (Wildman–Crippen LogP) is 5.73. The molecular weight excluding hydrogens is 384 g/mol. The normalized spacial score (nSPS) is 20.1. The zero-order valence-electron chi connectivity index (χ0n) is 16.0. The van der Waals surface area contributed by atoms with E-state index in [0.29, 0.717) is 11.6 Å². The van der Waals surface area contributed by atoms with Crippen molar-refractivity contribution in [3.63, 3.8) is 0 Å². The van der Waals surface area contributed by atoms with Gasteiger partial charge in [0.1, 0.15) is 11.5 Å². The summed E-state index contributed by atoms with van der Waals surface area (Å²) in [6.07, 6.45) is 1.99. The van der Waals surface area contributed by atoms with Crippen molar-refractivity contribution in [2.75, 3.05) is 6.61 Å². The number of ether oxygens (including phenoxy) is 2. The second-order valence-electron chi connectivity index (χ2n) is 7.06. The maximum absolute atomic E-state index is 6.37. The van der Waals surface area contributed by atoms with Crippen molar-refractivity contribution in [1.82, 2.24) is 10.4 Å². The Bertz CT molecular complexity index is 1050. The highest BCUT2D eigenvalue weighted by Gasteiger charge is 2.39. The molecule has 4 nitrogen and oxygen atoms in total. The van der Waals surface area contributed by atoms with Crippen LogP contribution in [0, 0.1) is 0 Å². The van der Waals surface area contributed by atoms with Gasteiger partial charge >= 0.3 is 0 Å². The lowest BCUT2D eigenvalue weighted by Gasteiger charge is -2.38. The second kappa shape index (κ2) is 7.47. The molecule has 5 rings (SSSR count). The molecule has 0 fully saturated rings. The molecule has 2 aliphatic rings. The molecule has 2 aliphatic heterocycles. The third-order valence-corrected chi connectivity index (χ3v) is 5.49. The Morgan fingerprint density at radius 2 is 1.76 bits per heavy atom. The highest BCUT2D eigenvalue weighted by Crippen LogP contribution is 2.45. The van der Waals surface area contributed by atoms with Crippen LogP contribution in [0.5, 0.6) is 11.5 Å². The Morgan fingerprint density at radius 1 is 1.00 bits per heavy atom. The maximum Gasteiger partial charge on any atom is 0.195 e. The average Bonchev–Trinajstić information content (AvgIpc) is 3.20. The lowest BCUT2D eigenvalue weighted by atomic mass is 10.0. The van der Waals surface area contributed by atoms with E-state index in [2.05, 4.69) is 34.7 Å². The van der Waals surface area contributed by atoms with E-state index < -0.39 is 0 Å². The zero-order valence-corrected chi connectivity index (χ0v) is 16.8. The first-order valence-electron chi connectivity index (χ1n) is 9.74. The van der Waals surface area contributed by atoms with E-state index in [-0.39, 0.29) is 12.3 Å². The molecule has 0 radical (unpaired) electrons. The summed E-state index contributed by atoms with van der Waals surface area (Å²) < 4.78 is 11.9. The summed E-state index contributed by atoms with van der Waals surface area (Å²) in [4.78, 5) is 0. The van der Waals surface area contributed by atoms with Gasteiger partial charge in [0.25, 0.3) is 0 Å². The van der Waals surface area contributed by atoms with Gasteiger partial charge in [-0.3, -0.25) is 0 Å². The molecule has 0 saturated heterocycles. The second-order valence-corrected chi connectivity index (χ2v) is 7.50. The van der Waals surface area contributed by atoms with Crippen LogP contribution < -0.4 is 14.9 Å². The van der Waals surface area contributed by atoms with Crippen LogP contribution in [0.3, 0.4) is 0 Å². The van der Waals surface area contributed by atoms with Crippen LogP contribution in [0.1, 0.15) is 35.9 Å². The Morgan fingerprint density at radius 3 is 2.52 bits per heavy atom. The molecule has 0 bridgehead atoms. The summed E-state index contributed by atoms with van der Waals surface area (Å²) in [6, 6.07) is 24.2. The van der Waals surface area contributed by atoms with E-state index in [0.717, 1.165) is 33.9 Å². The van der Waals surface area contributed by atoms with Crippen LogP contribution in [-0.4, -0.2) is 11.6 Å². The fraction of sp³-hybridized carbons (Fsp3) is 0.167. The average molecular weight is 405 g/mol. The van der Waals surface area contributed by atoms with Gasteiger partial charge in [-0.15, -0.1) is 0 Å². The zero-order chi connectivity index (χ0) is 19.8. The van der Waals surface area contributed by atoms with Crippen molar-refractivity contribution >= 4 is 17.3 Å². The number of fused-ring (bicyclic) bond motifs is 3. The number of nitrogens with zero attached hydrogens (tertiary/aromatic N) is 1. The number of benzene rings is 3. The summed E-state index contributed by atoms with van der Waals surface area (Å²) in [5.41, 5.74) is 7.91. The molecule has 0 aliphatic carbocycles. The molecule has 3 aromatic rings. The van der Waals surface area contributed by atoms with E-state index in [1.165, 1.54) is 0 Å². The predicted molar refractivity (Wildman–Crippen MR) is 115 cm³/mol. The van der Waals surface area contributed by atoms with Crippen molar-refractivity contribution in [2.45, 2.75) is 19.2 Å². The first-order chi connectivity index (χ1) is 14.2. The van der Waals surface area contributed by atoms with Gasteiger partial charge in [0.15, 0.2) is 6.23 Å². The summed E-state index contributed by atoms with van der Waals surface area (Å²) >= 11 is 6.09. The third-order valence-electron chi connectivity index (χ3n) is 5.23. The first kappa shape index (κ1) is 18.1. The van der Waals surface area contributed by atoms with Gasteiger partial charge in [0.05, 0.1) is 18.3 Å². The Hall–Kier alpha value is -2.95. The minimum absolute atomic E-state index is 0.0715. The van der Waals surface area contributed by atoms with E-state index in [1.54, 1.807) is 0 Å². The molecule has 1 N–H and O–H groups in total. The van der Waals surface area contributed by atoms with Crippen molar-refractivity contribution in [2.24, 2.45) is 0 Å². The molecule has 2 unspecified atom stereocenters. The highest BCUT2D eigenvalue weighted by atomic mass is 35.5. The van der Waals surface area contributed by atoms with E-state index in [9.17, 15) is 0 Å². The van der Waals surface area contributed by atoms with Crippen molar-refractivity contribution in [3.8, 4) is 11.5 Å². The molecule has 0 saturated carbocycles. The van der Waals surface area contributed by atoms with E-state index in [4.69, 9.17) is 21.1 Å². The SMILES string of the molecule is CCOc1ccc(C2=CC3c4ccccc4OC(c4ccc(Cl)cc4)N3N2)cc1. The Labute approximate surface area is 175 Å². The summed E-state index contributed by atoms with van der Waals surface area (Å²) in [6.45, 7) is 2.65. The molecule has 2 heterocycles. The molecule has 29 heavy (non-hydrogen) atoms. The van der Waals surface area contributed by atoms with Crippen LogP contribution in [0.4, 0.5) is 0 Å². The maximum atomic E-state index is 6.37. The van der Waals surface area contributed by atoms with Crippen molar-refractivity contribution in [1.29, 1.82) is 0 Å². The number of para-hydroxylation sites is 1. The van der Waals surface area contributed by atoms with Gasteiger partial charge in [-0.25, -0.2) is 0 Å². The summed E-state index contributed by atoms with van der Waals surface area (Å²) in [5.74, 6) is 1.78. The molecule has 5 heteroatoms. The van der Waals surface area contributed by atoms with Crippen LogP contribution in [0.2, 0.25) is 5.02 Å². The number of hydrogen-bond donors (Lipinski definition) is 1. The first-order valence-corrected chi connectivity index (χ1v) is 10.1. The van der Waals surface area contributed by atoms with Gasteiger partial charge in [-0.1, -0.05) is 41.9 Å². The standard InChI is InChI=1S/C24H21ClN2O2/c1-2-28-19-13-9-16(10-14-19)21-15-22-20-5-3-4-6-23(20)29-24(27(22)26-21)17-7-11-18(25)12-8-17/h3-15,22,24,26H,2H2,1H3. The van der Waals surface area contributed by atoms with E-state index >= 15 is 0 Å². The molecule has 0 spiro atoms. The fourth-order valence-electron chi connectivity index (χ4n) is 3.85. The summed E-state index contributed by atoms with van der Waals surface area (Å²) in [7, 11) is 0. The van der Waals surface area contributed by atoms with Crippen LogP contribution in [-0.2, 0) is 0 Å². The molecule has 3 aromatic carbocycles. The molecular formula is C24H21ClN2O2. The van der Waals surface area contributed by atoms with Gasteiger partial charge in [0, 0.05) is 16.1 Å². The number of nitrogens with one attached hydrogen (secondary N) is 1. The molecule has 146 valence electrons. The molecule has 0 aromatic heterocycles. The van der Waals surface area contributed by atoms with Crippen molar-refractivity contribution < 1.29 is 9.47 Å². The summed E-state index contributed by atoms with van der Waals surface area (Å²) in [5, 5.41) is 2.86. The fourth-order valence-corrected chi connectivity index (χ4v) is 3.98. The van der Waals surface area contributed by atoms with Gasteiger partial charge in [-0.2, -0.15) is 5.01 Å². The van der Waals surface area contributed by atoms with Crippen LogP contribution in [0.25, 0.3) is 5.70 Å². The molecule has 0 amide bonds. The number of hydrazine groups is 1. The largest absolute Gasteiger partial charge is 0.494 e. The molecule has 2 atom stereocenters. The lowest BCUT2D eigenvalue weighted by Crippen LogP contribution is -2.43. The Balaban J connectivity index is 1.51. The minimum Gasteiger partial charge on any atom is -0.494 e. The topological polar surface area (TPSA) is 33.7 Å². The quantitative estimate of drug-likeness (QED) is 0.601. The van der Waals surface area contributed by atoms with Gasteiger partial charge < -0.3 is 14.9 Å². The number of hydrogen-bond acceptors (Lipinski definition) is 4. The van der Waals surface area contributed by atoms with Crippen LogP contribution >= 0.6 is 11.6 Å². The third kappa shape index (κ3) is 3.35.